The molecule has 3 heterocycles. The van der Waals surface area contributed by atoms with Gasteiger partial charge in [-0.2, -0.15) is 5.10 Å². The van der Waals surface area contributed by atoms with Crippen LogP contribution in [0.15, 0.2) is 12.4 Å². The highest BCUT2D eigenvalue weighted by atomic mass is 35.5. The summed E-state index contributed by atoms with van der Waals surface area (Å²) in [6.45, 7) is 7.99. The lowest BCUT2D eigenvalue weighted by molar-refractivity contribution is -0.138. The van der Waals surface area contributed by atoms with Gasteiger partial charge in [0.05, 0.1) is 12.1 Å². The van der Waals surface area contributed by atoms with E-state index in [4.69, 9.17) is 0 Å². The van der Waals surface area contributed by atoms with Gasteiger partial charge in [-0.25, -0.2) is 0 Å². The van der Waals surface area contributed by atoms with Gasteiger partial charge < -0.3 is 10.2 Å². The lowest BCUT2D eigenvalue weighted by Gasteiger charge is -2.39. The molecule has 0 spiro atoms. The summed E-state index contributed by atoms with van der Waals surface area (Å²) in [6.07, 6.45) is 6.28. The second kappa shape index (κ2) is 6.59. The van der Waals surface area contributed by atoms with E-state index in [1.165, 1.54) is 12.0 Å². The van der Waals surface area contributed by atoms with Crippen molar-refractivity contribution in [1.82, 2.24) is 20.0 Å². The first-order valence-electron chi connectivity index (χ1n) is 7.94. The Kier molecular flexibility index (Phi) is 5.17. The van der Waals surface area contributed by atoms with Crippen molar-refractivity contribution in [2.75, 3.05) is 26.2 Å². The highest BCUT2D eigenvalue weighted by molar-refractivity contribution is 5.85. The minimum atomic E-state index is 0. The Morgan fingerprint density at radius 1 is 1.41 bits per heavy atom. The first kappa shape index (κ1) is 17.3. The molecule has 2 aliphatic heterocycles. The normalized spacial score (nSPS) is 27.5. The van der Waals surface area contributed by atoms with Gasteiger partial charge in [-0.15, -0.1) is 12.4 Å². The van der Waals surface area contributed by atoms with Gasteiger partial charge in [0, 0.05) is 45.3 Å². The molecule has 1 amide bonds. The van der Waals surface area contributed by atoms with Gasteiger partial charge in [-0.05, 0) is 23.8 Å². The molecule has 3 rings (SSSR count). The summed E-state index contributed by atoms with van der Waals surface area (Å²) in [4.78, 5) is 15.0. The first-order chi connectivity index (χ1) is 9.96. The minimum Gasteiger partial charge on any atom is -0.342 e. The van der Waals surface area contributed by atoms with Crippen molar-refractivity contribution in [2.45, 2.75) is 32.6 Å². The summed E-state index contributed by atoms with van der Waals surface area (Å²) < 4.78 is 1.82. The molecule has 22 heavy (non-hydrogen) atoms. The molecule has 124 valence electrons. The van der Waals surface area contributed by atoms with Crippen molar-refractivity contribution in [1.29, 1.82) is 0 Å². The average Bonchev–Trinajstić information content (AvgIpc) is 3.04. The van der Waals surface area contributed by atoms with Crippen LogP contribution in [0.1, 0.15) is 38.2 Å². The van der Waals surface area contributed by atoms with E-state index in [1.807, 2.05) is 24.1 Å². The van der Waals surface area contributed by atoms with Crippen LogP contribution in [0, 0.1) is 11.3 Å². The van der Waals surface area contributed by atoms with Crippen molar-refractivity contribution in [3.63, 3.8) is 0 Å². The summed E-state index contributed by atoms with van der Waals surface area (Å²) in [7, 11) is 1.93. The quantitative estimate of drug-likeness (QED) is 0.901. The summed E-state index contributed by atoms with van der Waals surface area (Å²) >= 11 is 0. The van der Waals surface area contributed by atoms with E-state index >= 15 is 0 Å². The fraction of sp³-hybridized carbons (Fsp3) is 0.750. The maximum Gasteiger partial charge on any atom is 0.227 e. The Labute approximate surface area is 138 Å². The molecule has 6 heteroatoms. The number of likely N-dealkylation sites (tertiary alicyclic amines) is 1. The number of nitrogens with zero attached hydrogens (tertiary/aromatic N) is 3. The number of carbonyl (C=O) groups is 1. The minimum absolute atomic E-state index is 0. The first-order valence-corrected chi connectivity index (χ1v) is 7.94. The molecule has 2 aliphatic rings. The third-order valence-corrected chi connectivity index (χ3v) is 4.90. The van der Waals surface area contributed by atoms with E-state index in [0.717, 1.165) is 32.6 Å². The standard InChI is InChI=1S/C16H26N4O.ClH/c1-16(2)5-4-6-20(11-16)15(21)14-9-17-8-13(14)12-7-18-19(3)10-12;/h7,10,13-14,17H,4-6,8-9,11H2,1-3H3;1H/t13-,14+;/m1./s1. The Hall–Kier alpha value is -1.07. The van der Waals surface area contributed by atoms with Gasteiger partial charge in [0.15, 0.2) is 0 Å². The molecule has 1 aromatic rings. The van der Waals surface area contributed by atoms with E-state index in [-0.39, 0.29) is 29.7 Å². The zero-order chi connectivity index (χ0) is 15.0. The van der Waals surface area contributed by atoms with Crippen LogP contribution in [0.5, 0.6) is 0 Å². The van der Waals surface area contributed by atoms with Gasteiger partial charge >= 0.3 is 0 Å². The maximum atomic E-state index is 12.9. The number of amides is 1. The van der Waals surface area contributed by atoms with Crippen molar-refractivity contribution in [3.8, 4) is 0 Å². The summed E-state index contributed by atoms with van der Waals surface area (Å²) in [5.41, 5.74) is 1.43. The van der Waals surface area contributed by atoms with Gasteiger partial charge in [-0.1, -0.05) is 13.8 Å². The fourth-order valence-electron chi connectivity index (χ4n) is 3.77. The molecule has 2 atom stereocenters. The smallest absolute Gasteiger partial charge is 0.227 e. The van der Waals surface area contributed by atoms with Crippen molar-refractivity contribution in [2.24, 2.45) is 18.4 Å². The topological polar surface area (TPSA) is 50.2 Å². The lowest BCUT2D eigenvalue weighted by Crippen LogP contribution is -2.47. The third kappa shape index (κ3) is 3.46. The van der Waals surface area contributed by atoms with Crippen LogP contribution in [0.3, 0.4) is 0 Å². The molecular formula is C16H27ClN4O. The molecule has 0 radical (unpaired) electrons. The van der Waals surface area contributed by atoms with Crippen LogP contribution < -0.4 is 5.32 Å². The van der Waals surface area contributed by atoms with Crippen molar-refractivity contribution < 1.29 is 4.79 Å². The SMILES string of the molecule is Cl.Cn1cc([C@H]2CNC[C@@H]2C(=O)N2CCCC(C)(C)C2)cn1. The highest BCUT2D eigenvalue weighted by Gasteiger charge is 2.39. The zero-order valence-corrected chi connectivity index (χ0v) is 14.5. The van der Waals surface area contributed by atoms with Crippen molar-refractivity contribution in [3.05, 3.63) is 18.0 Å². The number of hydrogen-bond acceptors (Lipinski definition) is 3. The number of nitrogens with one attached hydrogen (secondary N) is 1. The number of hydrogen-bond donors (Lipinski definition) is 1. The average molecular weight is 327 g/mol. The van der Waals surface area contributed by atoms with E-state index in [1.54, 1.807) is 0 Å². The van der Waals surface area contributed by atoms with Gasteiger partial charge in [0.25, 0.3) is 0 Å². The number of halogens is 1. The van der Waals surface area contributed by atoms with Crippen LogP contribution in [0.25, 0.3) is 0 Å². The summed E-state index contributed by atoms with van der Waals surface area (Å²) in [5, 5.41) is 7.64. The van der Waals surface area contributed by atoms with Crippen molar-refractivity contribution >= 4 is 18.3 Å². The molecule has 1 aromatic heterocycles. The van der Waals surface area contributed by atoms with Crippen LogP contribution >= 0.6 is 12.4 Å². The Bertz CT molecular complexity index is 528. The van der Waals surface area contributed by atoms with Crippen LogP contribution in [-0.4, -0.2) is 46.8 Å². The Balaban J connectivity index is 0.00000176. The summed E-state index contributed by atoms with van der Waals surface area (Å²) in [6, 6.07) is 0. The van der Waals surface area contributed by atoms with Gasteiger partial charge in [0.2, 0.25) is 5.91 Å². The molecule has 0 aliphatic carbocycles. The second-order valence-corrected chi connectivity index (χ2v) is 7.35. The van der Waals surface area contributed by atoms with Gasteiger partial charge in [0.1, 0.15) is 0 Å². The fourth-order valence-corrected chi connectivity index (χ4v) is 3.77. The molecule has 0 saturated carbocycles. The zero-order valence-electron chi connectivity index (χ0n) is 13.7. The predicted molar refractivity (Wildman–Crippen MR) is 89.2 cm³/mol. The maximum absolute atomic E-state index is 12.9. The number of rotatable bonds is 2. The van der Waals surface area contributed by atoms with Crippen LogP contribution in [-0.2, 0) is 11.8 Å². The van der Waals surface area contributed by atoms with Gasteiger partial charge in [-0.3, -0.25) is 9.48 Å². The number of aromatic nitrogens is 2. The van der Waals surface area contributed by atoms with E-state index in [2.05, 4.69) is 29.2 Å². The highest BCUT2D eigenvalue weighted by Crippen LogP contribution is 2.33. The van der Waals surface area contributed by atoms with E-state index in [9.17, 15) is 4.79 Å². The lowest BCUT2D eigenvalue weighted by atomic mass is 9.82. The van der Waals surface area contributed by atoms with E-state index in [0.29, 0.717) is 5.91 Å². The molecule has 0 bridgehead atoms. The molecule has 2 saturated heterocycles. The summed E-state index contributed by atoms with van der Waals surface area (Å²) in [5.74, 6) is 0.640. The number of piperidine rings is 1. The molecule has 0 unspecified atom stereocenters. The number of carbonyl (C=O) groups excluding carboxylic acids is 1. The third-order valence-electron chi connectivity index (χ3n) is 4.90. The predicted octanol–water partition coefficient (Wildman–Crippen LogP) is 1.79. The van der Waals surface area contributed by atoms with E-state index < -0.39 is 0 Å². The largest absolute Gasteiger partial charge is 0.342 e. The molecule has 1 N–H and O–H groups in total. The van der Waals surface area contributed by atoms with Crippen LogP contribution in [0.4, 0.5) is 0 Å². The molecular weight excluding hydrogens is 300 g/mol. The van der Waals surface area contributed by atoms with Crippen LogP contribution in [0.2, 0.25) is 0 Å². The molecule has 2 fully saturated rings. The second-order valence-electron chi connectivity index (χ2n) is 7.35. The monoisotopic (exact) mass is 326 g/mol. The molecule has 0 aromatic carbocycles. The number of aryl methyl sites for hydroxylation is 1. The Morgan fingerprint density at radius 3 is 2.82 bits per heavy atom. The Morgan fingerprint density at radius 2 is 2.18 bits per heavy atom. The molecule has 5 nitrogen and oxygen atoms in total.